The third-order valence-corrected chi connectivity index (χ3v) is 19.2. The number of aryl methyl sites for hydroxylation is 1. The number of rotatable bonds is 15. The Morgan fingerprint density at radius 2 is 0.838 bits per heavy atom. The summed E-state index contributed by atoms with van der Waals surface area (Å²) in [7, 11) is 0. The van der Waals surface area contributed by atoms with Crippen molar-refractivity contribution in [2.24, 2.45) is 0 Å². The Kier molecular flexibility index (Phi) is 34.8. The normalized spacial score (nSPS) is 11.5. The van der Waals surface area contributed by atoms with Gasteiger partial charge in [-0.3, -0.25) is 58.6 Å². The average molecular weight is 2490 g/mol. The van der Waals surface area contributed by atoms with E-state index >= 15 is 0 Å². The molecule has 0 unspecified atom stereocenters. The van der Waals surface area contributed by atoms with Crippen molar-refractivity contribution in [3.05, 3.63) is 389 Å². The molecule has 1 N–H and O–H groups in total. The number of allylic oxidation sites excluding steroid dienone is 2. The molecule has 16 rings (SSSR count). The number of hydrogen-bond donors (Lipinski definition) is 1. The topological polar surface area (TPSA) is 198 Å². The molecule has 130 heavy (non-hydrogen) atoms. The van der Waals surface area contributed by atoms with Crippen molar-refractivity contribution in [2.75, 3.05) is 0 Å². The van der Waals surface area contributed by atoms with Crippen molar-refractivity contribution in [3.63, 3.8) is 0 Å². The quantitative estimate of drug-likeness (QED) is 0.0335. The first-order valence-electron chi connectivity index (χ1n) is 38.1. The number of nitrogens with zero attached hydrogens (tertiary/aromatic N) is 15. The van der Waals surface area contributed by atoms with Gasteiger partial charge in [0.1, 0.15) is 17.6 Å². The summed E-state index contributed by atoms with van der Waals surface area (Å²) in [5.41, 5.74) is 6.73. The summed E-state index contributed by atoms with van der Waals surface area (Å²) in [6.45, 7) is 23.3. The molecule has 0 aliphatic rings. The molecule has 0 aliphatic heterocycles. The van der Waals surface area contributed by atoms with Gasteiger partial charge in [-0.2, -0.15) is 45.6 Å². The van der Waals surface area contributed by atoms with Crippen molar-refractivity contribution in [2.45, 2.75) is 97.1 Å². The van der Waals surface area contributed by atoms with E-state index in [0.717, 1.165) is 67.2 Å². The molecule has 0 fully saturated rings. The Bertz CT molecular complexity index is 6490. The first-order valence-corrected chi connectivity index (χ1v) is 38.1. The molecule has 11 aromatic heterocycles. The predicted octanol–water partition coefficient (Wildman–Crippen LogP) is 23.0. The molecule has 5 aromatic carbocycles. The number of benzene rings is 5. The van der Waals surface area contributed by atoms with Crippen LogP contribution in [0.5, 0.6) is 0 Å². The molecular formula is C96H69F13IrN15O2Pt3-. The molecule has 0 bridgehead atoms. The van der Waals surface area contributed by atoms with Crippen molar-refractivity contribution >= 4 is 22.4 Å². The van der Waals surface area contributed by atoms with Gasteiger partial charge < -0.3 is 34.1 Å². The summed E-state index contributed by atoms with van der Waals surface area (Å²) in [5.74, 6) is -3.11. The number of pyridine rings is 8. The Balaban J connectivity index is 0.000000208. The van der Waals surface area contributed by atoms with E-state index in [1.165, 1.54) is 60.2 Å². The molecule has 34 heteroatoms. The first-order chi connectivity index (χ1) is 59.7. The van der Waals surface area contributed by atoms with Crippen LogP contribution in [0.3, 0.4) is 0 Å². The van der Waals surface area contributed by atoms with Gasteiger partial charge in [0.25, 0.3) is 0 Å². The second-order valence-corrected chi connectivity index (χ2v) is 29.5. The number of carbonyl (C=O) groups is 1. The fourth-order valence-corrected chi connectivity index (χ4v) is 12.5. The SMILES string of the molecule is CC(=O)C=C(C)O.CC(C)(c1cccc(-c2[c-]cc(F)cc2F)n1)c1cccc(-n2[c-]cc(C(F)(F)F)n2)n1.CC(C)(c1cccc(-c2[c-]cc(F)nc2F)n1)c1cccc(-n2[c-]cc(C(F)(F)F)n2)n1.Cc1cc2ccccc2nc1-c1[c-]ccc(-c2ccccc2)c1.[C-]#[N+]c1cc[c-]c(-c2cccc(C(C)(C)c3cccc(-n4[c-]cc(C(F)(F)F)n4)n3)n2)c1.[Ir].[Pt+2].[Pt+2].[Pt+2]. The molecule has 0 amide bonds. The fraction of sp³-hybridized carbons (Fsp3) is 0.156. The zero-order valence-electron chi connectivity index (χ0n) is 69.4. The number of carbonyl (C=O) groups excluding carboxylic acids is 1. The first kappa shape index (κ1) is 103. The third kappa shape index (κ3) is 25.6. The van der Waals surface area contributed by atoms with Gasteiger partial charge in [-0.1, -0.05) is 175 Å². The summed E-state index contributed by atoms with van der Waals surface area (Å²) in [4.78, 5) is 48.6. The minimum atomic E-state index is -4.59. The van der Waals surface area contributed by atoms with Crippen molar-refractivity contribution in [1.29, 1.82) is 0 Å². The molecule has 17 nitrogen and oxygen atoms in total. The van der Waals surface area contributed by atoms with Gasteiger partial charge in [0, 0.05) is 88.2 Å². The minimum absolute atomic E-state index is 0. The largest absolute Gasteiger partial charge is 2.00 e. The summed E-state index contributed by atoms with van der Waals surface area (Å²) in [5, 5.41) is 20.1. The number of alkyl halides is 9. The zero-order chi connectivity index (χ0) is 90.6. The van der Waals surface area contributed by atoms with Crippen LogP contribution in [0.25, 0.3) is 89.4 Å². The fourth-order valence-electron chi connectivity index (χ4n) is 12.5. The molecule has 0 saturated carbocycles. The molecular weight excluding hydrogens is 2420 g/mol. The van der Waals surface area contributed by atoms with Crippen LogP contribution in [0.2, 0.25) is 0 Å². The molecule has 671 valence electrons. The average Bonchev–Trinajstić information content (AvgIpc) is 1.16. The van der Waals surface area contributed by atoms with Gasteiger partial charge in [-0.15, -0.1) is 95.6 Å². The standard InChI is InChI=1S/C24H16F3N5.C23H15F5N4.C22H14F5N5.C22H16N.C5H8O2.Ir.3Pt/c1-23(2,19-10-5-9-18(29-19)16-7-4-8-17(15-16)28-3)20-11-6-12-22(30-20)32-14-13-21(31-32)24(25,26)27;1-22(2,18-6-3-5-17(29-18)15-10-9-14(24)13-16(15)25)19-7-4-8-21(30-19)32-12-11-20(31-32)23(26,27)28;1-21(2,15-6-3-5-14(28-15)13-9-10-18(23)30-20(13)24)16-7-4-8-19(29-16)32-12-11-17(31-32)22(25,26)27;1-16-14-19-10-5-6-13-21(19)23-22(16)20-12-7-11-18(15-20)17-8-3-2-4-9-17;1-4(6)3-5(2)7;;;;/h4-6,8-13,15H,1-2H3;3-9,11,13H,1-2H3;3-8,10-11H,1-2H3;2-11,13-15H,1H3;3,6H,1-2H3;;;;/q3*-2;-1;;;3*+2. The maximum absolute atomic E-state index is 14.2. The predicted molar refractivity (Wildman–Crippen MR) is 445 cm³/mol. The Hall–Kier alpha value is -12.3. The van der Waals surface area contributed by atoms with Crippen LogP contribution in [-0.4, -0.2) is 80.1 Å². The number of fused-ring (bicyclic) bond motifs is 1. The number of aliphatic hydroxyl groups excluding tert-OH is 1. The maximum atomic E-state index is 14.2. The molecule has 0 spiro atoms. The molecule has 0 aliphatic carbocycles. The van der Waals surface area contributed by atoms with Gasteiger partial charge in [0.2, 0.25) is 0 Å². The van der Waals surface area contributed by atoms with E-state index in [1.54, 1.807) is 91.0 Å². The van der Waals surface area contributed by atoms with Crippen LogP contribution in [0.1, 0.15) is 112 Å². The van der Waals surface area contributed by atoms with E-state index in [0.29, 0.717) is 51.1 Å². The van der Waals surface area contributed by atoms with Crippen LogP contribution in [0.4, 0.5) is 62.8 Å². The Labute approximate surface area is 795 Å². The summed E-state index contributed by atoms with van der Waals surface area (Å²) in [6.07, 6.45) is -5.27. The smallest absolute Gasteiger partial charge is 0.512 e. The summed E-state index contributed by atoms with van der Waals surface area (Å²) >= 11 is 0. The number of hydrogen-bond acceptors (Lipinski definition) is 13. The number of ketones is 1. The van der Waals surface area contributed by atoms with Gasteiger partial charge >= 0.3 is 81.7 Å². The molecule has 11 heterocycles. The molecule has 16 aromatic rings. The Morgan fingerprint density at radius 1 is 0.423 bits per heavy atom. The van der Waals surface area contributed by atoms with E-state index in [1.807, 2.05) is 84.0 Å². The zero-order valence-corrected chi connectivity index (χ0v) is 78.6. The van der Waals surface area contributed by atoms with Crippen LogP contribution < -0.4 is 0 Å². The second kappa shape index (κ2) is 43.9. The Morgan fingerprint density at radius 3 is 1.27 bits per heavy atom. The number of aromatic nitrogens is 14. The van der Waals surface area contributed by atoms with Gasteiger partial charge in [-0.05, 0) is 139 Å². The van der Waals surface area contributed by atoms with Gasteiger partial charge in [0.15, 0.2) is 5.78 Å². The van der Waals surface area contributed by atoms with E-state index in [2.05, 4.69) is 154 Å². The number of halogens is 13. The molecule has 0 atom stereocenters. The van der Waals surface area contributed by atoms with E-state index < -0.39 is 75.4 Å². The monoisotopic (exact) mass is 2490 g/mol. The van der Waals surface area contributed by atoms with Gasteiger partial charge in [-0.25, -0.2) is 8.78 Å². The van der Waals surface area contributed by atoms with Crippen molar-refractivity contribution < 1.29 is 150 Å². The van der Waals surface area contributed by atoms with E-state index in [4.69, 9.17) is 21.6 Å². The van der Waals surface area contributed by atoms with Crippen LogP contribution in [0, 0.1) is 79.9 Å². The summed E-state index contributed by atoms with van der Waals surface area (Å²) < 4.78 is 173. The minimum Gasteiger partial charge on any atom is -0.512 e. The third-order valence-electron chi connectivity index (χ3n) is 19.2. The van der Waals surface area contributed by atoms with Crippen molar-refractivity contribution in [1.82, 2.24) is 69.2 Å². The van der Waals surface area contributed by atoms with E-state index in [-0.39, 0.29) is 135 Å². The van der Waals surface area contributed by atoms with Crippen LogP contribution in [0.15, 0.2) is 254 Å². The van der Waals surface area contributed by atoms with Crippen LogP contribution in [-0.2, 0) is 123 Å². The molecule has 0 saturated heterocycles. The summed E-state index contributed by atoms with van der Waals surface area (Å²) in [6, 6.07) is 78.8. The second-order valence-electron chi connectivity index (χ2n) is 29.5. The molecule has 1 radical (unpaired) electrons. The van der Waals surface area contributed by atoms with Gasteiger partial charge in [0.05, 0.1) is 52.4 Å². The maximum Gasteiger partial charge on any atom is 2.00 e. The van der Waals surface area contributed by atoms with Crippen LogP contribution >= 0.6 is 0 Å². The number of aliphatic hydroxyl groups is 1. The number of para-hydroxylation sites is 1. The van der Waals surface area contributed by atoms with Crippen molar-refractivity contribution in [3.8, 4) is 73.6 Å². The van der Waals surface area contributed by atoms with E-state index in [9.17, 15) is 61.9 Å².